The molecule has 37 heavy (non-hydrogen) atoms. The summed E-state index contributed by atoms with van der Waals surface area (Å²) in [4.78, 5) is 18.2. The molecule has 6 rings (SSSR count). The minimum absolute atomic E-state index is 0. The number of pyridine rings is 1. The third-order valence-corrected chi connectivity index (χ3v) is 7.74. The number of benzene rings is 2. The molecule has 3 aliphatic rings. The monoisotopic (exact) mass is 572 g/mol. The van der Waals surface area contributed by atoms with Crippen LogP contribution < -0.4 is 10.9 Å². The maximum atomic E-state index is 12.6. The summed E-state index contributed by atoms with van der Waals surface area (Å²) in [5.74, 6) is 0. The van der Waals surface area contributed by atoms with Gasteiger partial charge < -0.3 is 20.9 Å². The predicted molar refractivity (Wildman–Crippen MR) is 147 cm³/mol. The number of hydrogen-bond acceptors (Lipinski definition) is 3. The van der Waals surface area contributed by atoms with Gasteiger partial charge in [-0.05, 0) is 44.1 Å². The zero-order valence-electron chi connectivity index (χ0n) is 21.6. The summed E-state index contributed by atoms with van der Waals surface area (Å²) in [6.07, 6.45) is 5.01. The summed E-state index contributed by atoms with van der Waals surface area (Å²) in [6.45, 7) is 6.50. The molecule has 1 spiro atoms. The number of rotatable bonds is 4. The normalized spacial score (nSPS) is 21.0. The molecule has 1 radical (unpaired) electrons. The molecule has 6 nitrogen and oxygen atoms in total. The number of piperazine rings is 2. The van der Waals surface area contributed by atoms with Crippen molar-refractivity contribution in [2.24, 2.45) is 0 Å². The fraction of sp³-hybridized carbons (Fsp3) is 0.433. The van der Waals surface area contributed by atoms with E-state index < -0.39 is 0 Å². The molecule has 1 unspecified atom stereocenters. The maximum Gasteiger partial charge on any atom is 0.252 e. The van der Waals surface area contributed by atoms with Crippen LogP contribution in [0.5, 0.6) is 0 Å². The minimum atomic E-state index is 0. The Balaban J connectivity index is 0.000000208. The Morgan fingerprint density at radius 1 is 0.919 bits per heavy atom. The van der Waals surface area contributed by atoms with Gasteiger partial charge in [-0.2, -0.15) is 0 Å². The van der Waals surface area contributed by atoms with Crippen molar-refractivity contribution in [2.45, 2.75) is 43.8 Å². The third-order valence-electron chi connectivity index (χ3n) is 7.74. The molecule has 3 aromatic rings. The van der Waals surface area contributed by atoms with E-state index >= 15 is 0 Å². The van der Waals surface area contributed by atoms with Gasteiger partial charge in [-0.3, -0.25) is 9.69 Å². The fourth-order valence-corrected chi connectivity index (χ4v) is 5.69. The second kappa shape index (κ2) is 13.9. The number of nitrogens with zero attached hydrogens (tertiary/aromatic N) is 3. The summed E-state index contributed by atoms with van der Waals surface area (Å²) < 4.78 is 0. The van der Waals surface area contributed by atoms with Crippen LogP contribution in [0.25, 0.3) is 21.9 Å². The van der Waals surface area contributed by atoms with Gasteiger partial charge in [-0.15, -0.1) is 19.6 Å². The molecule has 2 saturated heterocycles. The first-order valence-corrected chi connectivity index (χ1v) is 13.3. The van der Waals surface area contributed by atoms with Crippen molar-refractivity contribution in [1.29, 1.82) is 0 Å². The molecule has 2 N–H and O–H groups in total. The van der Waals surface area contributed by atoms with Crippen LogP contribution in [0.15, 0.2) is 77.6 Å². The van der Waals surface area contributed by atoms with Gasteiger partial charge >= 0.3 is 0 Å². The van der Waals surface area contributed by atoms with Crippen molar-refractivity contribution < 1.29 is 32.7 Å². The van der Waals surface area contributed by atoms with E-state index in [0.717, 1.165) is 62.6 Å². The van der Waals surface area contributed by atoms with Crippen LogP contribution in [-0.2, 0) is 39.3 Å². The van der Waals surface area contributed by atoms with Crippen molar-refractivity contribution in [3.05, 3.63) is 105 Å². The van der Waals surface area contributed by atoms with Crippen LogP contribution in [-0.4, -0.2) is 54.7 Å². The molecule has 0 bridgehead atoms. The van der Waals surface area contributed by atoms with Gasteiger partial charge in [0.2, 0.25) is 0 Å². The van der Waals surface area contributed by atoms with E-state index in [1.165, 1.54) is 31.2 Å². The van der Waals surface area contributed by atoms with E-state index in [1.54, 1.807) is 0 Å². The first-order valence-electron chi connectivity index (χ1n) is 13.3. The molecule has 1 atom stereocenters. The number of H-pyrrole nitrogens is 1. The Labute approximate surface area is 245 Å². The van der Waals surface area contributed by atoms with Gasteiger partial charge in [0.25, 0.3) is 5.56 Å². The smallest absolute Gasteiger partial charge is 0.252 e. The molecule has 7 heteroatoms. The Kier molecular flexibility index (Phi) is 10.7. The summed E-state index contributed by atoms with van der Waals surface area (Å²) in [5, 5.41) is 12.5. The van der Waals surface area contributed by atoms with Crippen LogP contribution in [0.1, 0.15) is 42.9 Å². The minimum Gasteiger partial charge on any atom is -0.660 e. The maximum absolute atomic E-state index is 12.6. The number of hydrogen-bond donors (Lipinski definition) is 2. The average molecular weight is 573 g/mol. The topological polar surface area (TPSA) is 76.3 Å². The molecular weight excluding hydrogens is 535 g/mol. The Morgan fingerprint density at radius 3 is 2.32 bits per heavy atom. The predicted octanol–water partition coefficient (Wildman–Crippen LogP) is 5.25. The zero-order chi connectivity index (χ0) is 24.6. The summed E-state index contributed by atoms with van der Waals surface area (Å²) in [6, 6.07) is 24.9. The second-order valence-corrected chi connectivity index (χ2v) is 10.1. The van der Waals surface area contributed by atoms with E-state index in [1.807, 2.05) is 48.5 Å². The standard InChI is InChI=1S/C20H24N3O.C10H13N2.Y/c24-19-17(8-9-18(22-19)16-6-2-1-3-7-16)14-23-13-12-21-15-20(23)10-4-5-11-20;1-2-4-9(5-3-1)10-8-11-6-7-12-10;/h1-3,6-9H,4-5,10-15H2,(H,22,24);1-5,10-11H,6-8H2;/q2*-1;. The number of aromatic amines is 1. The quantitative estimate of drug-likeness (QED) is 0.449. The molecule has 1 saturated carbocycles. The van der Waals surface area contributed by atoms with Crippen LogP contribution in [0.2, 0.25) is 0 Å². The molecular formula is C30H37N5OY-2. The van der Waals surface area contributed by atoms with Gasteiger partial charge in [0, 0.05) is 56.1 Å². The van der Waals surface area contributed by atoms with Gasteiger partial charge in [0.05, 0.1) is 0 Å². The first-order chi connectivity index (χ1) is 17.7. The van der Waals surface area contributed by atoms with Crippen molar-refractivity contribution in [1.82, 2.24) is 15.2 Å². The summed E-state index contributed by atoms with van der Waals surface area (Å²) >= 11 is 0. The van der Waals surface area contributed by atoms with E-state index in [9.17, 15) is 4.79 Å². The SMILES string of the molecule is O=c1[nH]c(-c2ccccc2)ccc1CN1CC[N-]CC12CCCC2.[Y].c1ccc(C2CNCC[N-]2)cc1. The van der Waals surface area contributed by atoms with Gasteiger partial charge in [0.1, 0.15) is 0 Å². The third kappa shape index (κ3) is 7.26. The Hall–Kier alpha value is -1.67. The van der Waals surface area contributed by atoms with Crippen molar-refractivity contribution in [3.63, 3.8) is 0 Å². The molecule has 2 aliphatic heterocycles. The molecule has 0 amide bonds. The molecule has 1 aromatic heterocycles. The van der Waals surface area contributed by atoms with Crippen LogP contribution in [0.3, 0.4) is 0 Å². The molecule has 1 aliphatic carbocycles. The van der Waals surface area contributed by atoms with Crippen LogP contribution in [0, 0.1) is 0 Å². The van der Waals surface area contributed by atoms with Gasteiger partial charge in [0.15, 0.2) is 0 Å². The largest absolute Gasteiger partial charge is 0.660 e. The van der Waals surface area contributed by atoms with Crippen molar-refractivity contribution in [3.8, 4) is 11.3 Å². The molecule has 3 heterocycles. The van der Waals surface area contributed by atoms with Crippen molar-refractivity contribution in [2.75, 3.05) is 39.3 Å². The Morgan fingerprint density at radius 2 is 1.65 bits per heavy atom. The van der Waals surface area contributed by atoms with E-state index in [-0.39, 0.29) is 43.8 Å². The average Bonchev–Trinajstić information content (AvgIpc) is 3.42. The Bertz CT molecular complexity index is 1140. The summed E-state index contributed by atoms with van der Waals surface area (Å²) in [7, 11) is 0. The zero-order valence-corrected chi connectivity index (χ0v) is 24.4. The molecule has 193 valence electrons. The van der Waals surface area contributed by atoms with E-state index in [0.29, 0.717) is 6.04 Å². The number of aromatic nitrogens is 1. The second-order valence-electron chi connectivity index (χ2n) is 10.1. The van der Waals surface area contributed by atoms with Gasteiger partial charge in [-0.25, -0.2) is 0 Å². The van der Waals surface area contributed by atoms with E-state index in [4.69, 9.17) is 0 Å². The van der Waals surface area contributed by atoms with Crippen molar-refractivity contribution >= 4 is 0 Å². The van der Waals surface area contributed by atoms with Crippen LogP contribution in [0.4, 0.5) is 0 Å². The fourth-order valence-electron chi connectivity index (χ4n) is 5.69. The van der Waals surface area contributed by atoms with Crippen LogP contribution >= 0.6 is 0 Å². The number of nitrogens with one attached hydrogen (secondary N) is 2. The molecule has 3 fully saturated rings. The first kappa shape index (κ1) is 28.3. The van der Waals surface area contributed by atoms with E-state index in [2.05, 4.69) is 50.1 Å². The summed E-state index contributed by atoms with van der Waals surface area (Å²) in [5.41, 5.74) is 4.36. The van der Waals surface area contributed by atoms with Gasteiger partial charge in [-0.1, -0.05) is 91.2 Å². The molecule has 2 aromatic carbocycles.